The van der Waals surface area contributed by atoms with Gasteiger partial charge in [0.15, 0.2) is 6.61 Å². The third kappa shape index (κ3) is 4.54. The fourth-order valence-corrected chi connectivity index (χ4v) is 2.17. The van der Waals surface area contributed by atoms with Crippen LogP contribution in [0.2, 0.25) is 0 Å². The molecule has 2 N–H and O–H groups in total. The molecule has 2 rings (SSSR count). The first-order valence-corrected chi connectivity index (χ1v) is 7.11. The molecule has 1 heterocycles. The Balaban J connectivity index is 1.73. The minimum Gasteiger partial charge on any atom is -0.497 e. The van der Waals surface area contributed by atoms with E-state index in [9.17, 15) is 4.79 Å². The van der Waals surface area contributed by atoms with Crippen LogP contribution in [0.3, 0.4) is 0 Å². The Kier molecular flexibility index (Phi) is 5.22. The zero-order valence-electron chi connectivity index (χ0n) is 11.6. The Morgan fingerprint density at radius 3 is 2.52 bits per heavy atom. The fourth-order valence-electron chi connectivity index (χ4n) is 1.51. The monoisotopic (exact) mass is 304 g/mol. The van der Waals surface area contributed by atoms with E-state index < -0.39 is 0 Å². The normalized spacial score (nSPS) is 9.76. The number of thiophene rings is 1. The van der Waals surface area contributed by atoms with Crippen molar-refractivity contribution in [3.8, 4) is 11.5 Å². The molecule has 110 valence electrons. The van der Waals surface area contributed by atoms with Crippen molar-refractivity contribution in [2.45, 2.75) is 0 Å². The van der Waals surface area contributed by atoms with E-state index in [0.29, 0.717) is 11.4 Å². The van der Waals surface area contributed by atoms with Crippen LogP contribution in [0.15, 0.2) is 48.4 Å². The van der Waals surface area contributed by atoms with Crippen LogP contribution in [0.25, 0.3) is 5.70 Å². The van der Waals surface area contributed by atoms with Gasteiger partial charge in [-0.25, -0.2) is 0 Å². The van der Waals surface area contributed by atoms with Crippen molar-refractivity contribution in [1.82, 2.24) is 10.9 Å². The quantitative estimate of drug-likeness (QED) is 0.771. The van der Waals surface area contributed by atoms with E-state index in [1.807, 2.05) is 17.5 Å². The highest BCUT2D eigenvalue weighted by Gasteiger charge is 2.04. The fraction of sp³-hybridized carbons (Fsp3) is 0.133. The van der Waals surface area contributed by atoms with Gasteiger partial charge in [0.05, 0.1) is 17.7 Å². The molecule has 0 saturated carbocycles. The molecule has 0 fully saturated rings. The molecule has 0 saturated heterocycles. The lowest BCUT2D eigenvalue weighted by Crippen LogP contribution is -2.38. The summed E-state index contributed by atoms with van der Waals surface area (Å²) in [6, 6.07) is 10.9. The number of nitrogens with one attached hydrogen (secondary N) is 2. The summed E-state index contributed by atoms with van der Waals surface area (Å²) in [5.74, 6) is 1.05. The molecule has 0 spiro atoms. The molecule has 6 heteroatoms. The van der Waals surface area contributed by atoms with Crippen LogP contribution >= 0.6 is 11.3 Å². The number of methoxy groups -OCH3 is 1. The van der Waals surface area contributed by atoms with E-state index in [1.165, 1.54) is 11.3 Å². The topological polar surface area (TPSA) is 59.6 Å². The SMILES string of the molecule is C=C(NNC(=O)COc1ccc(OC)cc1)c1cccs1. The van der Waals surface area contributed by atoms with Gasteiger partial charge in [-0.05, 0) is 35.7 Å². The molecular formula is C15H16N2O3S. The van der Waals surface area contributed by atoms with Gasteiger partial charge in [0.2, 0.25) is 0 Å². The van der Waals surface area contributed by atoms with E-state index in [-0.39, 0.29) is 12.5 Å². The maximum atomic E-state index is 11.7. The Bertz CT molecular complexity index is 594. The standard InChI is InChI=1S/C15H16N2O3S/c1-11(14-4-3-9-21-14)16-17-15(18)10-20-13-7-5-12(19-2)6-8-13/h3-9,16H,1,10H2,2H3,(H,17,18). The van der Waals surface area contributed by atoms with Crippen LogP contribution in [0.1, 0.15) is 4.88 Å². The van der Waals surface area contributed by atoms with Gasteiger partial charge >= 0.3 is 0 Å². The highest BCUT2D eigenvalue weighted by Crippen LogP contribution is 2.17. The first-order chi connectivity index (χ1) is 10.2. The molecule has 0 unspecified atom stereocenters. The maximum absolute atomic E-state index is 11.7. The molecule has 1 aromatic heterocycles. The maximum Gasteiger partial charge on any atom is 0.276 e. The van der Waals surface area contributed by atoms with Crippen LogP contribution in [0.4, 0.5) is 0 Å². The van der Waals surface area contributed by atoms with Gasteiger partial charge in [-0.3, -0.25) is 15.6 Å². The third-order valence-electron chi connectivity index (χ3n) is 2.60. The molecule has 5 nitrogen and oxygen atoms in total. The van der Waals surface area contributed by atoms with E-state index >= 15 is 0 Å². The van der Waals surface area contributed by atoms with Crippen molar-refractivity contribution in [3.63, 3.8) is 0 Å². The second-order valence-electron chi connectivity index (χ2n) is 4.09. The first kappa shape index (κ1) is 14.9. The lowest BCUT2D eigenvalue weighted by atomic mass is 10.3. The van der Waals surface area contributed by atoms with E-state index in [2.05, 4.69) is 17.4 Å². The van der Waals surface area contributed by atoms with Crippen molar-refractivity contribution >= 4 is 22.9 Å². The Labute approximate surface area is 127 Å². The third-order valence-corrected chi connectivity index (χ3v) is 3.53. The zero-order chi connectivity index (χ0) is 15.1. The molecule has 0 bridgehead atoms. The summed E-state index contributed by atoms with van der Waals surface area (Å²) in [6.07, 6.45) is 0. The summed E-state index contributed by atoms with van der Waals surface area (Å²) in [7, 11) is 1.59. The molecule has 1 amide bonds. The van der Waals surface area contributed by atoms with E-state index in [1.54, 1.807) is 31.4 Å². The Morgan fingerprint density at radius 1 is 1.19 bits per heavy atom. The van der Waals surface area contributed by atoms with Crippen LogP contribution in [-0.2, 0) is 4.79 Å². The van der Waals surface area contributed by atoms with Crippen LogP contribution in [0, 0.1) is 0 Å². The predicted octanol–water partition coefficient (Wildman–Crippen LogP) is 2.43. The van der Waals surface area contributed by atoms with Gasteiger partial charge in [-0.1, -0.05) is 12.6 Å². The zero-order valence-corrected chi connectivity index (χ0v) is 12.4. The number of rotatable bonds is 7. The molecule has 0 aliphatic rings. The van der Waals surface area contributed by atoms with Crippen LogP contribution < -0.4 is 20.3 Å². The lowest BCUT2D eigenvalue weighted by molar-refractivity contribution is -0.123. The second kappa shape index (κ2) is 7.35. The van der Waals surface area contributed by atoms with Crippen LogP contribution in [-0.4, -0.2) is 19.6 Å². The number of ether oxygens (including phenoxy) is 2. The number of benzene rings is 1. The number of carbonyl (C=O) groups excluding carboxylic acids is 1. The lowest BCUT2D eigenvalue weighted by Gasteiger charge is -2.10. The minimum absolute atomic E-state index is 0.0863. The van der Waals surface area contributed by atoms with Crippen molar-refractivity contribution in [1.29, 1.82) is 0 Å². The summed E-state index contributed by atoms with van der Waals surface area (Å²) >= 11 is 1.54. The smallest absolute Gasteiger partial charge is 0.276 e. The number of amides is 1. The van der Waals surface area contributed by atoms with Gasteiger partial charge in [0, 0.05) is 0 Å². The largest absolute Gasteiger partial charge is 0.497 e. The van der Waals surface area contributed by atoms with E-state index in [4.69, 9.17) is 9.47 Å². The van der Waals surface area contributed by atoms with Crippen LogP contribution in [0.5, 0.6) is 11.5 Å². The van der Waals surface area contributed by atoms with Gasteiger partial charge < -0.3 is 9.47 Å². The van der Waals surface area contributed by atoms with Crippen molar-refractivity contribution < 1.29 is 14.3 Å². The molecule has 0 atom stereocenters. The van der Waals surface area contributed by atoms with Gasteiger partial charge in [-0.15, -0.1) is 11.3 Å². The summed E-state index contributed by atoms with van der Waals surface area (Å²) in [6.45, 7) is 3.75. The number of hydrogen-bond donors (Lipinski definition) is 2. The number of carbonyl (C=O) groups is 1. The Hall–Kier alpha value is -2.47. The second-order valence-corrected chi connectivity index (χ2v) is 5.04. The molecule has 0 aliphatic carbocycles. The summed E-state index contributed by atoms with van der Waals surface area (Å²) in [5.41, 5.74) is 5.93. The molecule has 0 radical (unpaired) electrons. The molecule has 21 heavy (non-hydrogen) atoms. The van der Waals surface area contributed by atoms with Crippen molar-refractivity contribution in [2.75, 3.05) is 13.7 Å². The number of hydrazine groups is 1. The predicted molar refractivity (Wildman–Crippen MR) is 83.1 cm³/mol. The highest BCUT2D eigenvalue weighted by atomic mass is 32.1. The summed E-state index contributed by atoms with van der Waals surface area (Å²) in [4.78, 5) is 12.6. The van der Waals surface area contributed by atoms with Gasteiger partial charge in [0.25, 0.3) is 5.91 Å². The highest BCUT2D eigenvalue weighted by molar-refractivity contribution is 7.11. The Morgan fingerprint density at radius 2 is 1.90 bits per heavy atom. The first-order valence-electron chi connectivity index (χ1n) is 6.23. The molecule has 1 aromatic carbocycles. The molecule has 2 aromatic rings. The minimum atomic E-state index is -0.288. The van der Waals surface area contributed by atoms with Gasteiger partial charge in [0.1, 0.15) is 11.5 Å². The average Bonchev–Trinajstić information content (AvgIpc) is 3.05. The average molecular weight is 304 g/mol. The summed E-state index contributed by atoms with van der Waals surface area (Å²) < 4.78 is 10.4. The van der Waals surface area contributed by atoms with Crippen molar-refractivity contribution in [2.24, 2.45) is 0 Å². The molecular weight excluding hydrogens is 288 g/mol. The molecule has 0 aliphatic heterocycles. The van der Waals surface area contributed by atoms with Gasteiger partial charge in [-0.2, -0.15) is 0 Å². The van der Waals surface area contributed by atoms with E-state index in [0.717, 1.165) is 10.6 Å². The van der Waals surface area contributed by atoms with Crippen molar-refractivity contribution in [3.05, 3.63) is 53.2 Å². The number of hydrogen-bond acceptors (Lipinski definition) is 5. The summed E-state index contributed by atoms with van der Waals surface area (Å²) in [5, 5.41) is 1.94.